The number of nitrogens with two attached hydrogens (primary N) is 1. The van der Waals surface area contributed by atoms with Crippen molar-refractivity contribution in [3.05, 3.63) is 53.6 Å². The van der Waals surface area contributed by atoms with Crippen LogP contribution in [0.3, 0.4) is 0 Å². The van der Waals surface area contributed by atoms with Gasteiger partial charge in [0.2, 0.25) is 0 Å². The summed E-state index contributed by atoms with van der Waals surface area (Å²) in [6.07, 6.45) is 4.29. The lowest BCUT2D eigenvalue weighted by Gasteiger charge is -2.36. The zero-order chi connectivity index (χ0) is 23.0. The first-order valence-corrected chi connectivity index (χ1v) is 12.0. The van der Waals surface area contributed by atoms with E-state index < -0.39 is 5.54 Å². The van der Waals surface area contributed by atoms with Gasteiger partial charge in [0.15, 0.2) is 5.96 Å². The lowest BCUT2D eigenvalue weighted by Crippen LogP contribution is -2.42. The van der Waals surface area contributed by atoms with Crippen molar-refractivity contribution in [2.24, 2.45) is 16.1 Å². The highest BCUT2D eigenvalue weighted by molar-refractivity contribution is 5.81. The Morgan fingerprint density at radius 2 is 2.00 bits per heavy atom. The Kier molecular flexibility index (Phi) is 4.43. The molecule has 6 rings (SSSR count). The number of methoxy groups -OCH3 is 1. The molecule has 2 aromatic carbocycles. The number of rotatable bonds is 4. The Balaban J connectivity index is 1.49. The highest BCUT2D eigenvalue weighted by Crippen LogP contribution is 2.85. The van der Waals surface area contributed by atoms with Gasteiger partial charge in [-0.2, -0.15) is 0 Å². The van der Waals surface area contributed by atoms with Crippen LogP contribution in [-0.2, 0) is 21.4 Å². The van der Waals surface area contributed by atoms with Gasteiger partial charge >= 0.3 is 0 Å². The van der Waals surface area contributed by atoms with Crippen LogP contribution in [0.1, 0.15) is 44.2 Å². The zero-order valence-corrected chi connectivity index (χ0v) is 19.9. The molecular formula is C27H33N3O3. The van der Waals surface area contributed by atoms with Crippen molar-refractivity contribution in [1.29, 1.82) is 0 Å². The van der Waals surface area contributed by atoms with E-state index in [1.807, 2.05) is 24.1 Å². The van der Waals surface area contributed by atoms with E-state index >= 15 is 0 Å². The van der Waals surface area contributed by atoms with Crippen LogP contribution in [0.4, 0.5) is 0 Å². The van der Waals surface area contributed by atoms with Crippen LogP contribution >= 0.6 is 0 Å². The lowest BCUT2D eigenvalue weighted by atomic mass is 9.80. The minimum Gasteiger partial charge on any atom is -0.497 e. The monoisotopic (exact) mass is 447 g/mol. The maximum Gasteiger partial charge on any atom is 0.193 e. The van der Waals surface area contributed by atoms with Crippen LogP contribution < -0.4 is 10.5 Å². The zero-order valence-electron chi connectivity index (χ0n) is 19.9. The van der Waals surface area contributed by atoms with Gasteiger partial charge in [0.1, 0.15) is 23.6 Å². The van der Waals surface area contributed by atoms with E-state index in [2.05, 4.69) is 44.2 Å². The van der Waals surface area contributed by atoms with Gasteiger partial charge in [0.05, 0.1) is 19.3 Å². The molecule has 1 heterocycles. The summed E-state index contributed by atoms with van der Waals surface area (Å²) in [6.45, 7) is 4.68. The van der Waals surface area contributed by atoms with Crippen LogP contribution in [0.5, 0.6) is 5.75 Å². The Labute approximate surface area is 195 Å². The Hall–Kier alpha value is -2.57. The number of fused-ring (bicyclic) bond motifs is 1. The summed E-state index contributed by atoms with van der Waals surface area (Å²) in [5.74, 6) is 1.41. The third kappa shape index (κ3) is 2.59. The van der Waals surface area contributed by atoms with Crippen LogP contribution in [0.25, 0.3) is 11.1 Å². The first-order valence-electron chi connectivity index (χ1n) is 12.0. The van der Waals surface area contributed by atoms with Crippen molar-refractivity contribution in [2.75, 3.05) is 20.9 Å². The van der Waals surface area contributed by atoms with Gasteiger partial charge in [-0.05, 0) is 73.6 Å². The lowest BCUT2D eigenvalue weighted by molar-refractivity contribution is -0.107. The van der Waals surface area contributed by atoms with E-state index in [1.54, 1.807) is 7.11 Å². The Bertz CT molecular complexity index is 1150. The summed E-state index contributed by atoms with van der Waals surface area (Å²) in [5.41, 5.74) is 10.6. The Morgan fingerprint density at radius 3 is 2.79 bits per heavy atom. The third-order valence-electron chi connectivity index (χ3n) is 8.43. The molecule has 0 bridgehead atoms. The molecule has 2 saturated carbocycles. The molecular weight excluding hydrogens is 414 g/mol. The van der Waals surface area contributed by atoms with E-state index in [4.69, 9.17) is 24.9 Å². The predicted octanol–water partition coefficient (Wildman–Crippen LogP) is 4.06. The number of guanidine groups is 1. The number of benzene rings is 2. The van der Waals surface area contributed by atoms with E-state index in [1.165, 1.54) is 16.7 Å². The normalized spacial score (nSPS) is 34.0. The van der Waals surface area contributed by atoms with Crippen molar-refractivity contribution >= 4 is 5.96 Å². The molecule has 0 saturated heterocycles. The van der Waals surface area contributed by atoms with Crippen LogP contribution in [0, 0.1) is 5.41 Å². The highest BCUT2D eigenvalue weighted by Gasteiger charge is 2.93. The second-order valence-corrected chi connectivity index (χ2v) is 10.4. The molecule has 6 nitrogen and oxygen atoms in total. The molecule has 2 aromatic rings. The minimum absolute atomic E-state index is 0.0436. The fourth-order valence-corrected chi connectivity index (χ4v) is 7.07. The number of hydrogen-bond donors (Lipinski definition) is 1. The molecule has 0 amide bonds. The van der Waals surface area contributed by atoms with Gasteiger partial charge in [-0.1, -0.05) is 24.3 Å². The van der Waals surface area contributed by atoms with Crippen molar-refractivity contribution in [2.45, 2.75) is 62.9 Å². The summed E-state index contributed by atoms with van der Waals surface area (Å²) in [7, 11) is 3.65. The molecule has 174 valence electrons. The van der Waals surface area contributed by atoms with Crippen LogP contribution in [-0.4, -0.2) is 49.6 Å². The van der Waals surface area contributed by atoms with Gasteiger partial charge in [-0.25, -0.2) is 4.99 Å². The first kappa shape index (κ1) is 21.0. The molecule has 3 aliphatic carbocycles. The van der Waals surface area contributed by atoms with E-state index in [0.717, 1.165) is 37.0 Å². The van der Waals surface area contributed by atoms with E-state index in [9.17, 15) is 0 Å². The molecule has 0 aromatic heterocycles. The quantitative estimate of drug-likeness (QED) is 0.765. The summed E-state index contributed by atoms with van der Waals surface area (Å²) >= 11 is 0. The summed E-state index contributed by atoms with van der Waals surface area (Å²) in [5, 5.41) is 0. The Morgan fingerprint density at radius 1 is 1.18 bits per heavy atom. The van der Waals surface area contributed by atoms with Gasteiger partial charge < -0.3 is 24.8 Å². The molecule has 4 aliphatic rings. The average Bonchev–Trinajstić information content (AvgIpc) is 3.20. The van der Waals surface area contributed by atoms with Crippen LogP contribution in [0.2, 0.25) is 0 Å². The molecule has 2 unspecified atom stereocenters. The molecule has 0 radical (unpaired) electrons. The summed E-state index contributed by atoms with van der Waals surface area (Å²) < 4.78 is 18.6. The molecule has 6 heteroatoms. The molecule has 2 N–H and O–H groups in total. The fraction of sp³-hybridized carbons (Fsp3) is 0.519. The number of nitrogens with zero attached hydrogens (tertiary/aromatic N) is 2. The van der Waals surface area contributed by atoms with E-state index in [0.29, 0.717) is 12.7 Å². The maximum absolute atomic E-state index is 6.78. The largest absolute Gasteiger partial charge is 0.497 e. The molecule has 1 aliphatic heterocycles. The molecule has 2 fully saturated rings. The summed E-state index contributed by atoms with van der Waals surface area (Å²) in [4.78, 5) is 7.20. The number of aliphatic imine (C=N–C) groups is 1. The third-order valence-corrected chi connectivity index (χ3v) is 8.43. The second-order valence-electron chi connectivity index (χ2n) is 10.4. The smallest absolute Gasteiger partial charge is 0.193 e. The first-order chi connectivity index (χ1) is 15.9. The van der Waals surface area contributed by atoms with Gasteiger partial charge in [0.25, 0.3) is 0 Å². The second kappa shape index (κ2) is 6.97. The predicted molar refractivity (Wildman–Crippen MR) is 128 cm³/mol. The average molecular weight is 448 g/mol. The number of ether oxygens (including phenoxy) is 3. The summed E-state index contributed by atoms with van der Waals surface area (Å²) in [6, 6.07) is 15.0. The minimum atomic E-state index is -0.450. The van der Waals surface area contributed by atoms with Crippen molar-refractivity contribution in [3.8, 4) is 16.9 Å². The molecule has 4 atom stereocenters. The van der Waals surface area contributed by atoms with Crippen LogP contribution in [0.15, 0.2) is 47.5 Å². The van der Waals surface area contributed by atoms with E-state index in [-0.39, 0.29) is 23.2 Å². The fourth-order valence-electron chi connectivity index (χ4n) is 7.07. The standard InChI is InChI=1S/C27H33N3O3/c1-17(2)33-22-10-11-25-14-20-9-8-19(18-6-5-7-21(12-18)31-4)13-23(20)27(25)26(25,15-22)32-16-30(3)24(28)29-27/h5-9,12-13,17,22H,10-11,14-16H2,1-4H3,(H2,28,29)/t22-,25-,26?,27?/m0/s1. The van der Waals surface area contributed by atoms with Crippen molar-refractivity contribution < 1.29 is 14.2 Å². The SMILES string of the molecule is COc1cccc(-c2ccc3c(c2)C24N=C(N)N(C)COC25C[C@@H](OC(C)C)CC[C@]54C3)c1. The molecule has 3 spiro atoms. The van der Waals surface area contributed by atoms with Crippen molar-refractivity contribution in [3.63, 3.8) is 0 Å². The highest BCUT2D eigenvalue weighted by atomic mass is 16.5. The van der Waals surface area contributed by atoms with Gasteiger partial charge in [-0.15, -0.1) is 0 Å². The topological polar surface area (TPSA) is 69.3 Å². The maximum atomic E-state index is 6.78. The van der Waals surface area contributed by atoms with Gasteiger partial charge in [-0.3, -0.25) is 0 Å². The van der Waals surface area contributed by atoms with Crippen molar-refractivity contribution in [1.82, 2.24) is 4.90 Å². The van der Waals surface area contributed by atoms with Gasteiger partial charge in [0, 0.05) is 18.9 Å². The number of hydrogen-bond acceptors (Lipinski definition) is 6. The molecule has 33 heavy (non-hydrogen) atoms.